The van der Waals surface area contributed by atoms with Crippen LogP contribution in [-0.4, -0.2) is 35.6 Å². The average molecular weight is 467 g/mol. The number of carboxylic acids is 1. The summed E-state index contributed by atoms with van der Waals surface area (Å²) in [5.41, 5.74) is 1.89. The van der Waals surface area contributed by atoms with Crippen LogP contribution in [0.15, 0.2) is 78.1 Å². The van der Waals surface area contributed by atoms with Gasteiger partial charge in [0.1, 0.15) is 18.1 Å². The highest BCUT2D eigenvalue weighted by atomic mass is 32.2. The van der Waals surface area contributed by atoms with Gasteiger partial charge in [0.15, 0.2) is 0 Å². The number of aliphatic carboxylic acids is 1. The number of ether oxygens (including phenoxy) is 2. The van der Waals surface area contributed by atoms with E-state index >= 15 is 0 Å². The summed E-state index contributed by atoms with van der Waals surface area (Å²) in [6.45, 7) is 0.275. The van der Waals surface area contributed by atoms with E-state index in [9.17, 15) is 13.2 Å². The highest BCUT2D eigenvalue weighted by Gasteiger charge is 2.22. The lowest BCUT2D eigenvalue weighted by Gasteiger charge is -2.10. The largest absolute Gasteiger partial charge is 0.497 e. The molecule has 0 atom stereocenters. The number of rotatable bonds is 9. The van der Waals surface area contributed by atoms with Gasteiger partial charge in [-0.3, -0.25) is 9.78 Å². The van der Waals surface area contributed by atoms with Gasteiger partial charge in [-0.15, -0.1) is 0 Å². The van der Waals surface area contributed by atoms with Gasteiger partial charge in [-0.1, -0.05) is 12.1 Å². The van der Waals surface area contributed by atoms with E-state index < -0.39 is 16.0 Å². The molecule has 0 spiro atoms. The summed E-state index contributed by atoms with van der Waals surface area (Å²) in [6.07, 6.45) is 4.84. The lowest BCUT2D eigenvalue weighted by atomic mass is 10.1. The van der Waals surface area contributed by atoms with E-state index in [0.717, 1.165) is 5.56 Å². The van der Waals surface area contributed by atoms with E-state index in [1.807, 2.05) is 0 Å². The Hall–Kier alpha value is -3.85. The number of nitrogens with zero attached hydrogens (tertiary/aromatic N) is 2. The predicted molar refractivity (Wildman–Crippen MR) is 122 cm³/mol. The third kappa shape index (κ3) is 4.83. The Bertz CT molecular complexity index is 1380. The Labute approximate surface area is 191 Å². The van der Waals surface area contributed by atoms with Gasteiger partial charge in [0.2, 0.25) is 0 Å². The van der Waals surface area contributed by atoms with Gasteiger partial charge in [-0.05, 0) is 60.0 Å². The van der Waals surface area contributed by atoms with Gasteiger partial charge in [0.05, 0.1) is 23.7 Å². The Morgan fingerprint density at radius 1 is 1.09 bits per heavy atom. The molecule has 1 N–H and O–H groups in total. The summed E-state index contributed by atoms with van der Waals surface area (Å²) in [5, 5.41) is 9.71. The number of carbonyl (C=O) groups is 1. The molecule has 2 aromatic carbocycles. The van der Waals surface area contributed by atoms with Gasteiger partial charge in [0, 0.05) is 24.2 Å². The van der Waals surface area contributed by atoms with Crippen LogP contribution < -0.4 is 9.47 Å². The molecule has 0 fully saturated rings. The van der Waals surface area contributed by atoms with Gasteiger partial charge in [-0.25, -0.2) is 12.4 Å². The molecule has 2 heterocycles. The Morgan fingerprint density at radius 2 is 1.88 bits per heavy atom. The van der Waals surface area contributed by atoms with Crippen molar-refractivity contribution in [2.45, 2.75) is 24.3 Å². The van der Waals surface area contributed by atoms with E-state index in [4.69, 9.17) is 14.6 Å². The van der Waals surface area contributed by atoms with E-state index in [1.54, 1.807) is 54.9 Å². The minimum atomic E-state index is -3.91. The van der Waals surface area contributed by atoms with Crippen LogP contribution >= 0.6 is 0 Å². The van der Waals surface area contributed by atoms with Crippen molar-refractivity contribution in [3.63, 3.8) is 0 Å². The molecule has 0 aliphatic heterocycles. The normalized spacial score (nSPS) is 11.4. The molecule has 170 valence electrons. The zero-order chi connectivity index (χ0) is 23.4. The summed E-state index contributed by atoms with van der Waals surface area (Å²) in [4.78, 5) is 15.2. The second-order valence-corrected chi connectivity index (χ2v) is 9.17. The van der Waals surface area contributed by atoms with Crippen molar-refractivity contribution in [2.75, 3.05) is 7.11 Å². The van der Waals surface area contributed by atoms with E-state index in [1.165, 1.54) is 29.4 Å². The fourth-order valence-corrected chi connectivity index (χ4v) is 4.87. The number of aromatic nitrogens is 2. The van der Waals surface area contributed by atoms with Crippen molar-refractivity contribution in [2.24, 2.45) is 0 Å². The predicted octanol–water partition coefficient (Wildman–Crippen LogP) is 3.88. The minimum absolute atomic E-state index is 0.109. The molecule has 0 saturated heterocycles. The first-order valence-electron chi connectivity index (χ1n) is 10.2. The second-order valence-electron chi connectivity index (χ2n) is 7.35. The summed E-state index contributed by atoms with van der Waals surface area (Å²) in [5.74, 6) is 0.232. The number of hydrogen-bond donors (Lipinski definition) is 1. The van der Waals surface area contributed by atoms with E-state index in [-0.39, 0.29) is 24.3 Å². The fourth-order valence-electron chi connectivity index (χ4n) is 3.48. The molecule has 0 bridgehead atoms. The molecule has 0 radical (unpaired) electrons. The van der Waals surface area contributed by atoms with Crippen LogP contribution in [0.2, 0.25) is 0 Å². The quantitative estimate of drug-likeness (QED) is 0.399. The highest BCUT2D eigenvalue weighted by molar-refractivity contribution is 7.90. The molecule has 0 unspecified atom stereocenters. The topological polar surface area (TPSA) is 108 Å². The van der Waals surface area contributed by atoms with Gasteiger partial charge in [0.25, 0.3) is 10.0 Å². The molecule has 2 aromatic heterocycles. The highest BCUT2D eigenvalue weighted by Crippen LogP contribution is 2.30. The standard InChI is InChI=1S/C24H22N2O6S/c1-31-19-7-10-23-22(13-19)18(6-11-24(27)28)15-26(23)33(29,30)21-8-4-17(5-9-21)16-32-20-3-2-12-25-14-20/h2-5,7-10,12-15H,6,11,16H2,1H3,(H,27,28). The number of hydrogen-bond acceptors (Lipinski definition) is 6. The molecule has 8 nitrogen and oxygen atoms in total. The molecule has 33 heavy (non-hydrogen) atoms. The first-order valence-corrected chi connectivity index (χ1v) is 11.6. The van der Waals surface area contributed by atoms with E-state index in [0.29, 0.717) is 28.0 Å². The monoisotopic (exact) mass is 466 g/mol. The molecule has 4 aromatic rings. The Morgan fingerprint density at radius 3 is 2.55 bits per heavy atom. The number of fused-ring (bicyclic) bond motifs is 1. The summed E-state index contributed by atoms with van der Waals surface area (Å²) in [7, 11) is -2.39. The van der Waals surface area contributed by atoms with Crippen LogP contribution in [0.1, 0.15) is 17.5 Å². The lowest BCUT2D eigenvalue weighted by molar-refractivity contribution is -0.136. The second kappa shape index (κ2) is 9.33. The average Bonchev–Trinajstić information content (AvgIpc) is 3.21. The van der Waals surface area contributed by atoms with Gasteiger partial charge in [-0.2, -0.15) is 0 Å². The third-order valence-electron chi connectivity index (χ3n) is 5.19. The zero-order valence-electron chi connectivity index (χ0n) is 17.8. The van der Waals surface area contributed by atoms with Crippen molar-refractivity contribution >= 4 is 26.9 Å². The molecule has 0 amide bonds. The van der Waals surface area contributed by atoms with Crippen molar-refractivity contribution in [1.29, 1.82) is 0 Å². The summed E-state index contributed by atoms with van der Waals surface area (Å²) in [6, 6.07) is 15.1. The zero-order valence-corrected chi connectivity index (χ0v) is 18.7. The number of aryl methyl sites for hydroxylation is 1. The van der Waals surface area contributed by atoms with Crippen LogP contribution in [0.25, 0.3) is 10.9 Å². The van der Waals surface area contributed by atoms with Crippen LogP contribution in [0.3, 0.4) is 0 Å². The smallest absolute Gasteiger partial charge is 0.303 e. The van der Waals surface area contributed by atoms with Gasteiger partial charge < -0.3 is 14.6 Å². The molecule has 0 aliphatic rings. The minimum Gasteiger partial charge on any atom is -0.497 e. The molecule has 0 aliphatic carbocycles. The molecular formula is C24H22N2O6S. The lowest BCUT2D eigenvalue weighted by Crippen LogP contribution is -2.12. The Kier molecular flexibility index (Phi) is 6.32. The first-order chi connectivity index (χ1) is 15.9. The summed E-state index contributed by atoms with van der Waals surface area (Å²) < 4.78 is 38.9. The number of carboxylic acid groups (broad SMARTS) is 1. The van der Waals surface area contributed by atoms with Crippen molar-refractivity contribution in [3.8, 4) is 11.5 Å². The molecule has 9 heteroatoms. The maximum Gasteiger partial charge on any atom is 0.303 e. The molecule has 0 saturated carbocycles. The van der Waals surface area contributed by atoms with Crippen LogP contribution in [0.5, 0.6) is 11.5 Å². The SMILES string of the molecule is COc1ccc2c(c1)c(CCC(=O)O)cn2S(=O)(=O)c1ccc(COc2cccnc2)cc1. The maximum absolute atomic E-state index is 13.4. The van der Waals surface area contributed by atoms with Crippen LogP contribution in [-0.2, 0) is 27.8 Å². The maximum atomic E-state index is 13.4. The first kappa shape index (κ1) is 22.3. The number of pyridine rings is 1. The van der Waals surface area contributed by atoms with Crippen molar-refractivity contribution in [3.05, 3.63) is 84.3 Å². The number of methoxy groups -OCH3 is 1. The van der Waals surface area contributed by atoms with Crippen molar-refractivity contribution < 1.29 is 27.8 Å². The van der Waals surface area contributed by atoms with Crippen LogP contribution in [0.4, 0.5) is 0 Å². The third-order valence-corrected chi connectivity index (χ3v) is 6.88. The van der Waals surface area contributed by atoms with Gasteiger partial charge >= 0.3 is 5.97 Å². The van der Waals surface area contributed by atoms with E-state index in [2.05, 4.69) is 4.98 Å². The number of benzene rings is 2. The van der Waals surface area contributed by atoms with Crippen LogP contribution in [0, 0.1) is 0 Å². The fraction of sp³-hybridized carbons (Fsp3) is 0.167. The molecule has 4 rings (SSSR count). The van der Waals surface area contributed by atoms with Crippen molar-refractivity contribution in [1.82, 2.24) is 8.96 Å². The summed E-state index contributed by atoms with van der Waals surface area (Å²) >= 11 is 0. The molecular weight excluding hydrogens is 444 g/mol. The Balaban J connectivity index is 1.64.